The molecule has 30 heavy (non-hydrogen) atoms. The van der Waals surface area contributed by atoms with E-state index in [2.05, 4.69) is 10.3 Å². The van der Waals surface area contributed by atoms with Crippen molar-refractivity contribution < 1.29 is 24.3 Å². The monoisotopic (exact) mass is 411 g/mol. The maximum atomic E-state index is 12.8. The molecule has 0 fully saturated rings. The second-order valence-electron chi connectivity index (χ2n) is 6.74. The standard InChI is InChI=1S/C22H25N3O5/c1-3-15-20(21(27)22(23)28)19-16(25(15)12-14-8-5-4-6-9-14)10-7-11-17(19)30-13-18(26)24-29-2/h4-11,18,24,26H,3,12-13H2,1-2H3,(H2,23,28). The summed E-state index contributed by atoms with van der Waals surface area (Å²) in [6.07, 6.45) is -0.555. The molecule has 1 unspecified atom stereocenters. The molecule has 2 aromatic carbocycles. The van der Waals surface area contributed by atoms with Gasteiger partial charge in [0.05, 0.1) is 23.6 Å². The van der Waals surface area contributed by atoms with E-state index in [4.69, 9.17) is 10.5 Å². The molecule has 0 saturated heterocycles. The summed E-state index contributed by atoms with van der Waals surface area (Å²) in [4.78, 5) is 29.2. The summed E-state index contributed by atoms with van der Waals surface area (Å²) >= 11 is 0. The van der Waals surface area contributed by atoms with Gasteiger partial charge in [0.15, 0.2) is 6.23 Å². The SMILES string of the molecule is CCc1c(C(=O)C(N)=O)c2c(OCC(O)NOC)cccc2n1Cc1ccccc1. The zero-order valence-electron chi connectivity index (χ0n) is 16.9. The third-order valence-corrected chi connectivity index (χ3v) is 4.78. The van der Waals surface area contributed by atoms with Gasteiger partial charge in [-0.1, -0.05) is 43.3 Å². The van der Waals surface area contributed by atoms with E-state index >= 15 is 0 Å². The van der Waals surface area contributed by atoms with Crippen molar-refractivity contribution in [2.45, 2.75) is 26.1 Å². The van der Waals surface area contributed by atoms with Gasteiger partial charge in [-0.3, -0.25) is 9.59 Å². The Morgan fingerprint density at radius 1 is 1.17 bits per heavy atom. The molecule has 1 atom stereocenters. The molecule has 0 saturated carbocycles. The van der Waals surface area contributed by atoms with Gasteiger partial charge >= 0.3 is 0 Å². The average molecular weight is 411 g/mol. The Morgan fingerprint density at radius 2 is 1.90 bits per heavy atom. The lowest BCUT2D eigenvalue weighted by Gasteiger charge is -2.14. The Morgan fingerprint density at radius 3 is 2.53 bits per heavy atom. The van der Waals surface area contributed by atoms with E-state index in [-0.39, 0.29) is 12.2 Å². The Bertz CT molecular complexity index is 1050. The van der Waals surface area contributed by atoms with Crippen molar-refractivity contribution in [3.63, 3.8) is 0 Å². The lowest BCUT2D eigenvalue weighted by molar-refractivity contribution is -0.114. The number of Topliss-reactive ketones (excluding diaryl/α,β-unsaturated/α-hetero) is 1. The van der Waals surface area contributed by atoms with Gasteiger partial charge in [0.1, 0.15) is 12.4 Å². The van der Waals surface area contributed by atoms with Crippen molar-refractivity contribution in [3.8, 4) is 5.75 Å². The van der Waals surface area contributed by atoms with Crippen LogP contribution in [-0.4, -0.2) is 41.3 Å². The summed E-state index contributed by atoms with van der Waals surface area (Å²) in [5.74, 6) is -1.43. The number of amides is 1. The third kappa shape index (κ3) is 4.35. The van der Waals surface area contributed by atoms with Crippen molar-refractivity contribution in [1.82, 2.24) is 10.0 Å². The topological polar surface area (TPSA) is 116 Å². The highest BCUT2D eigenvalue weighted by atomic mass is 16.7. The molecule has 3 rings (SSSR count). The fraction of sp³-hybridized carbons (Fsp3) is 0.273. The fourth-order valence-corrected chi connectivity index (χ4v) is 3.56. The molecule has 8 heteroatoms. The molecule has 0 aliphatic heterocycles. The maximum Gasteiger partial charge on any atom is 0.289 e. The lowest BCUT2D eigenvalue weighted by atomic mass is 10.0. The van der Waals surface area contributed by atoms with Crippen molar-refractivity contribution in [3.05, 3.63) is 65.4 Å². The zero-order chi connectivity index (χ0) is 21.7. The molecule has 0 radical (unpaired) electrons. The zero-order valence-corrected chi connectivity index (χ0v) is 16.9. The Labute approximate surface area is 174 Å². The molecule has 4 N–H and O–H groups in total. The number of nitrogens with one attached hydrogen (secondary N) is 1. The molecule has 0 aliphatic carbocycles. The Hall–Kier alpha value is -3.20. The van der Waals surface area contributed by atoms with Gasteiger partial charge in [-0.05, 0) is 24.1 Å². The third-order valence-electron chi connectivity index (χ3n) is 4.78. The molecule has 0 aliphatic rings. The first kappa shape index (κ1) is 21.5. The number of hydrogen-bond acceptors (Lipinski definition) is 6. The number of benzene rings is 2. The first-order valence-electron chi connectivity index (χ1n) is 9.59. The molecule has 1 heterocycles. The second kappa shape index (κ2) is 9.53. The molecule has 1 aromatic heterocycles. The largest absolute Gasteiger partial charge is 0.489 e. The fourth-order valence-electron chi connectivity index (χ4n) is 3.56. The van der Waals surface area contributed by atoms with Crippen LogP contribution in [0.3, 0.4) is 0 Å². The maximum absolute atomic E-state index is 12.8. The molecular formula is C22H25N3O5. The van der Waals surface area contributed by atoms with Crippen LogP contribution < -0.4 is 16.0 Å². The van der Waals surface area contributed by atoms with Gasteiger partial charge in [0, 0.05) is 12.2 Å². The first-order chi connectivity index (χ1) is 14.5. The normalized spacial score (nSPS) is 12.1. The summed E-state index contributed by atoms with van der Waals surface area (Å²) in [7, 11) is 1.38. The number of nitrogens with zero attached hydrogens (tertiary/aromatic N) is 1. The number of carbonyl (C=O) groups is 2. The first-order valence-corrected chi connectivity index (χ1v) is 9.59. The van der Waals surface area contributed by atoms with E-state index in [9.17, 15) is 14.7 Å². The predicted molar refractivity (Wildman–Crippen MR) is 112 cm³/mol. The number of nitrogens with two attached hydrogens (primary N) is 1. The van der Waals surface area contributed by atoms with Gasteiger partial charge in [-0.25, -0.2) is 0 Å². The highest BCUT2D eigenvalue weighted by Crippen LogP contribution is 2.35. The minimum absolute atomic E-state index is 0.123. The number of primary amides is 1. The van der Waals surface area contributed by atoms with Gasteiger partial charge < -0.3 is 25.0 Å². The van der Waals surface area contributed by atoms with Gasteiger partial charge in [-0.15, -0.1) is 0 Å². The number of ether oxygens (including phenoxy) is 1. The smallest absolute Gasteiger partial charge is 0.289 e. The van der Waals surface area contributed by atoms with Crippen LogP contribution in [0.4, 0.5) is 0 Å². The minimum Gasteiger partial charge on any atom is -0.489 e. The highest BCUT2D eigenvalue weighted by molar-refractivity contribution is 6.45. The van der Waals surface area contributed by atoms with Gasteiger partial charge in [0.25, 0.3) is 11.7 Å². The van der Waals surface area contributed by atoms with Crippen molar-refractivity contribution >= 4 is 22.6 Å². The number of carbonyl (C=O) groups excluding carboxylic acids is 2. The van der Waals surface area contributed by atoms with E-state index in [1.165, 1.54) is 7.11 Å². The summed E-state index contributed by atoms with van der Waals surface area (Å²) in [6, 6.07) is 15.2. The number of rotatable bonds is 10. The minimum atomic E-state index is -1.07. The van der Waals surface area contributed by atoms with E-state index in [1.807, 2.05) is 47.9 Å². The van der Waals surface area contributed by atoms with Gasteiger partial charge in [0.2, 0.25) is 0 Å². The second-order valence-corrected chi connectivity index (χ2v) is 6.74. The number of aliphatic hydroxyl groups excluding tert-OH is 1. The van der Waals surface area contributed by atoms with Crippen molar-refractivity contribution in [2.75, 3.05) is 13.7 Å². The van der Waals surface area contributed by atoms with Crippen LogP contribution in [0.2, 0.25) is 0 Å². The number of aliphatic hydroxyl groups is 1. The molecule has 0 bridgehead atoms. The molecule has 158 valence electrons. The van der Waals surface area contributed by atoms with Crippen LogP contribution in [0.1, 0.15) is 28.5 Å². The molecule has 8 nitrogen and oxygen atoms in total. The van der Waals surface area contributed by atoms with Crippen LogP contribution in [0.25, 0.3) is 10.9 Å². The number of fused-ring (bicyclic) bond motifs is 1. The number of ketones is 1. The molecule has 1 amide bonds. The van der Waals surface area contributed by atoms with Crippen molar-refractivity contribution in [1.29, 1.82) is 0 Å². The summed E-state index contributed by atoms with van der Waals surface area (Å²) in [5.41, 5.74) is 10.4. The Balaban J connectivity index is 2.17. The van der Waals surface area contributed by atoms with Crippen LogP contribution >= 0.6 is 0 Å². The summed E-state index contributed by atoms with van der Waals surface area (Å²) in [6.45, 7) is 2.31. The highest BCUT2D eigenvalue weighted by Gasteiger charge is 2.27. The van der Waals surface area contributed by atoms with Crippen LogP contribution in [0.5, 0.6) is 5.75 Å². The Kier molecular flexibility index (Phi) is 6.83. The average Bonchev–Trinajstić information content (AvgIpc) is 3.06. The van der Waals surface area contributed by atoms with Crippen molar-refractivity contribution in [2.24, 2.45) is 5.73 Å². The quantitative estimate of drug-likeness (QED) is 0.203. The van der Waals surface area contributed by atoms with Gasteiger partial charge in [-0.2, -0.15) is 5.48 Å². The van der Waals surface area contributed by atoms with Crippen LogP contribution in [0, 0.1) is 0 Å². The lowest BCUT2D eigenvalue weighted by Crippen LogP contribution is -2.33. The summed E-state index contributed by atoms with van der Waals surface area (Å²) in [5, 5.41) is 10.3. The number of hydroxylamine groups is 1. The molecular weight excluding hydrogens is 386 g/mol. The van der Waals surface area contributed by atoms with E-state index in [0.717, 1.165) is 11.1 Å². The predicted octanol–water partition coefficient (Wildman–Crippen LogP) is 1.77. The van der Waals surface area contributed by atoms with E-state index in [0.29, 0.717) is 29.8 Å². The van der Waals surface area contributed by atoms with Crippen LogP contribution in [-0.2, 0) is 22.6 Å². The molecule has 3 aromatic rings. The van der Waals surface area contributed by atoms with Crippen LogP contribution in [0.15, 0.2) is 48.5 Å². The molecule has 0 spiro atoms. The summed E-state index contributed by atoms with van der Waals surface area (Å²) < 4.78 is 7.75. The van der Waals surface area contributed by atoms with E-state index < -0.39 is 17.9 Å². The number of aromatic nitrogens is 1. The van der Waals surface area contributed by atoms with E-state index in [1.54, 1.807) is 12.1 Å². The number of hydrogen-bond donors (Lipinski definition) is 3.